The number of carbonyl (C=O) groups excluding carboxylic acids is 2. The van der Waals surface area contributed by atoms with Gasteiger partial charge < -0.3 is 9.47 Å². The summed E-state index contributed by atoms with van der Waals surface area (Å²) >= 11 is 0. The lowest BCUT2D eigenvalue weighted by atomic mass is 9.77. The lowest BCUT2D eigenvalue weighted by Gasteiger charge is -2.24. The molecule has 0 aromatic carbocycles. The van der Waals surface area contributed by atoms with Gasteiger partial charge in [0.2, 0.25) is 0 Å². The quantitative estimate of drug-likeness (QED) is 0.285. The van der Waals surface area contributed by atoms with E-state index in [1.165, 1.54) is 39.2 Å². The van der Waals surface area contributed by atoms with Crippen LogP contribution in [0.25, 0.3) is 0 Å². The fourth-order valence-corrected chi connectivity index (χ4v) is 3.78. The monoisotopic (exact) mass is 354 g/mol. The molecule has 1 aliphatic heterocycles. The average Bonchev–Trinajstić information content (AvgIpc) is 2.97. The Bertz CT molecular complexity index is 380. The summed E-state index contributed by atoms with van der Waals surface area (Å²) in [5.41, 5.74) is -0.198. The Balaban J connectivity index is 2.18. The molecule has 1 heterocycles. The molecular weight excluding hydrogens is 316 g/mol. The van der Waals surface area contributed by atoms with Crippen LogP contribution in [0.4, 0.5) is 0 Å². The van der Waals surface area contributed by atoms with Gasteiger partial charge in [0, 0.05) is 6.42 Å². The second-order valence-electron chi connectivity index (χ2n) is 7.53. The SMILES string of the molecule is CCCCCCCCC1(CCCCCCCC(=O)OC)CCOC1=O. The van der Waals surface area contributed by atoms with Crippen molar-refractivity contribution in [1.29, 1.82) is 0 Å². The number of ether oxygens (including phenoxy) is 2. The van der Waals surface area contributed by atoms with Crippen LogP contribution in [-0.4, -0.2) is 25.7 Å². The molecule has 25 heavy (non-hydrogen) atoms. The molecule has 0 radical (unpaired) electrons. The van der Waals surface area contributed by atoms with Crippen molar-refractivity contribution >= 4 is 11.9 Å². The van der Waals surface area contributed by atoms with Crippen molar-refractivity contribution in [3.8, 4) is 0 Å². The van der Waals surface area contributed by atoms with Gasteiger partial charge in [-0.05, 0) is 25.7 Å². The second kappa shape index (κ2) is 13.2. The molecular formula is C21H38O4. The molecule has 1 fully saturated rings. The van der Waals surface area contributed by atoms with Gasteiger partial charge in [0.05, 0.1) is 19.1 Å². The van der Waals surface area contributed by atoms with E-state index in [9.17, 15) is 9.59 Å². The Kier molecular flexibility index (Phi) is 11.6. The summed E-state index contributed by atoms with van der Waals surface area (Å²) in [4.78, 5) is 23.3. The number of hydrogen-bond acceptors (Lipinski definition) is 4. The predicted molar refractivity (Wildman–Crippen MR) is 100 cm³/mol. The third-order valence-corrected chi connectivity index (χ3v) is 5.52. The van der Waals surface area contributed by atoms with E-state index in [1.807, 2.05) is 0 Å². The van der Waals surface area contributed by atoms with Crippen LogP contribution in [0.3, 0.4) is 0 Å². The molecule has 1 aliphatic rings. The van der Waals surface area contributed by atoms with E-state index in [0.29, 0.717) is 13.0 Å². The van der Waals surface area contributed by atoms with E-state index in [-0.39, 0.29) is 17.4 Å². The van der Waals surface area contributed by atoms with Crippen molar-refractivity contribution in [2.75, 3.05) is 13.7 Å². The van der Waals surface area contributed by atoms with Crippen LogP contribution >= 0.6 is 0 Å². The number of cyclic esters (lactones) is 1. The van der Waals surface area contributed by atoms with Crippen LogP contribution in [0.2, 0.25) is 0 Å². The van der Waals surface area contributed by atoms with Gasteiger partial charge in [-0.15, -0.1) is 0 Å². The second-order valence-corrected chi connectivity index (χ2v) is 7.53. The molecule has 0 N–H and O–H groups in total. The minimum atomic E-state index is -0.198. The van der Waals surface area contributed by atoms with Gasteiger partial charge in [0.15, 0.2) is 0 Å². The van der Waals surface area contributed by atoms with Gasteiger partial charge in [-0.2, -0.15) is 0 Å². The Morgan fingerprint density at radius 3 is 2.04 bits per heavy atom. The fraction of sp³-hybridized carbons (Fsp3) is 0.905. The maximum atomic E-state index is 12.3. The van der Waals surface area contributed by atoms with Gasteiger partial charge in [-0.25, -0.2) is 0 Å². The van der Waals surface area contributed by atoms with Crippen LogP contribution in [0.1, 0.15) is 103 Å². The van der Waals surface area contributed by atoms with Crippen LogP contribution < -0.4 is 0 Å². The highest BCUT2D eigenvalue weighted by Crippen LogP contribution is 2.40. The van der Waals surface area contributed by atoms with E-state index in [4.69, 9.17) is 4.74 Å². The van der Waals surface area contributed by atoms with Gasteiger partial charge in [-0.3, -0.25) is 9.59 Å². The molecule has 4 heteroatoms. The predicted octanol–water partition coefficient (Wildman–Crippen LogP) is 5.57. The van der Waals surface area contributed by atoms with Crippen molar-refractivity contribution in [1.82, 2.24) is 0 Å². The van der Waals surface area contributed by atoms with Crippen molar-refractivity contribution in [3.63, 3.8) is 0 Å². The van der Waals surface area contributed by atoms with Crippen LogP contribution in [-0.2, 0) is 19.1 Å². The lowest BCUT2D eigenvalue weighted by Crippen LogP contribution is -2.26. The Morgan fingerprint density at radius 1 is 0.960 bits per heavy atom. The van der Waals surface area contributed by atoms with Crippen molar-refractivity contribution in [3.05, 3.63) is 0 Å². The molecule has 1 rings (SSSR count). The molecule has 0 bridgehead atoms. The van der Waals surface area contributed by atoms with E-state index >= 15 is 0 Å². The molecule has 0 aliphatic carbocycles. The topological polar surface area (TPSA) is 52.6 Å². The van der Waals surface area contributed by atoms with Crippen LogP contribution in [0, 0.1) is 5.41 Å². The average molecular weight is 355 g/mol. The first-order valence-corrected chi connectivity index (χ1v) is 10.4. The van der Waals surface area contributed by atoms with Crippen LogP contribution in [0.5, 0.6) is 0 Å². The first-order chi connectivity index (χ1) is 12.1. The zero-order valence-electron chi connectivity index (χ0n) is 16.4. The highest BCUT2D eigenvalue weighted by atomic mass is 16.5. The summed E-state index contributed by atoms with van der Waals surface area (Å²) in [6, 6.07) is 0. The summed E-state index contributed by atoms with van der Waals surface area (Å²) in [6.07, 6.45) is 16.3. The molecule has 4 nitrogen and oxygen atoms in total. The zero-order chi connectivity index (χ0) is 18.4. The van der Waals surface area contributed by atoms with Gasteiger partial charge >= 0.3 is 11.9 Å². The number of unbranched alkanes of at least 4 members (excludes halogenated alkanes) is 9. The van der Waals surface area contributed by atoms with Crippen molar-refractivity contribution in [2.45, 2.75) is 103 Å². The van der Waals surface area contributed by atoms with E-state index in [0.717, 1.165) is 57.8 Å². The molecule has 1 saturated heterocycles. The number of methoxy groups -OCH3 is 1. The molecule has 0 aromatic rings. The standard InChI is InChI=1S/C21H38O4/c1-3-4-5-6-9-12-15-21(17-18-25-20(21)23)16-13-10-7-8-11-14-19(22)24-2/h3-18H2,1-2H3. The summed E-state index contributed by atoms with van der Waals surface area (Å²) < 4.78 is 9.96. The third-order valence-electron chi connectivity index (χ3n) is 5.52. The highest BCUT2D eigenvalue weighted by molar-refractivity contribution is 5.78. The Hall–Kier alpha value is -1.06. The Labute approximate surface area is 154 Å². The minimum absolute atomic E-state index is 0.0479. The number of esters is 2. The molecule has 0 aromatic heterocycles. The zero-order valence-corrected chi connectivity index (χ0v) is 16.4. The molecule has 0 saturated carbocycles. The van der Waals surface area contributed by atoms with E-state index in [2.05, 4.69) is 11.7 Å². The normalized spacial score (nSPS) is 19.8. The maximum absolute atomic E-state index is 12.3. The molecule has 0 amide bonds. The lowest BCUT2D eigenvalue weighted by molar-refractivity contribution is -0.147. The van der Waals surface area contributed by atoms with Gasteiger partial charge in [0.25, 0.3) is 0 Å². The minimum Gasteiger partial charge on any atom is -0.469 e. The number of rotatable bonds is 15. The van der Waals surface area contributed by atoms with E-state index < -0.39 is 0 Å². The van der Waals surface area contributed by atoms with Gasteiger partial charge in [-0.1, -0.05) is 71.1 Å². The first kappa shape index (κ1) is 22.0. The fourth-order valence-electron chi connectivity index (χ4n) is 3.78. The highest BCUT2D eigenvalue weighted by Gasteiger charge is 2.43. The number of carbonyl (C=O) groups is 2. The largest absolute Gasteiger partial charge is 0.469 e. The van der Waals surface area contributed by atoms with Gasteiger partial charge in [0.1, 0.15) is 0 Å². The Morgan fingerprint density at radius 2 is 1.52 bits per heavy atom. The third kappa shape index (κ3) is 8.73. The smallest absolute Gasteiger partial charge is 0.312 e. The summed E-state index contributed by atoms with van der Waals surface area (Å²) in [7, 11) is 1.44. The summed E-state index contributed by atoms with van der Waals surface area (Å²) in [5.74, 6) is -0.0710. The first-order valence-electron chi connectivity index (χ1n) is 10.4. The molecule has 1 atom stereocenters. The molecule has 146 valence electrons. The summed E-state index contributed by atoms with van der Waals surface area (Å²) in [5, 5.41) is 0. The van der Waals surface area contributed by atoms with Crippen LogP contribution in [0.15, 0.2) is 0 Å². The van der Waals surface area contributed by atoms with Crippen molar-refractivity contribution in [2.24, 2.45) is 5.41 Å². The summed E-state index contributed by atoms with van der Waals surface area (Å²) in [6.45, 7) is 2.84. The molecule has 1 unspecified atom stereocenters. The number of hydrogen-bond donors (Lipinski definition) is 0. The van der Waals surface area contributed by atoms with E-state index in [1.54, 1.807) is 0 Å². The molecule has 0 spiro atoms. The van der Waals surface area contributed by atoms with Crippen molar-refractivity contribution < 1.29 is 19.1 Å². The maximum Gasteiger partial charge on any atom is 0.312 e.